The summed E-state index contributed by atoms with van der Waals surface area (Å²) in [5.74, 6) is 0. The normalized spacial score (nSPS) is 9.15. The van der Waals surface area contributed by atoms with Crippen LogP contribution in [0, 0.1) is 0 Å². The Morgan fingerprint density at radius 2 is 0.923 bits per heavy atom. The van der Waals surface area contributed by atoms with E-state index in [-0.39, 0.29) is 112 Å². The zero-order valence-electron chi connectivity index (χ0n) is 4.49. The minimum absolute atomic E-state index is 0. The summed E-state index contributed by atoms with van der Waals surface area (Å²) in [6.07, 6.45) is 0. The van der Waals surface area contributed by atoms with Gasteiger partial charge in [0.25, 0.3) is 0 Å². The topological polar surface area (TPSA) is 159 Å². The van der Waals surface area contributed by atoms with Gasteiger partial charge in [-0.3, -0.25) is 0 Å². The molecule has 13 heteroatoms. The van der Waals surface area contributed by atoms with Gasteiger partial charge in [-0.1, -0.05) is 0 Å². The van der Waals surface area contributed by atoms with E-state index < -0.39 is 16.9 Å². The van der Waals surface area contributed by atoms with E-state index in [0.717, 1.165) is 0 Å². The fraction of sp³-hybridized carbons (Fsp3) is 0. The molecule has 0 aromatic heterocycles. The fourth-order valence-electron chi connectivity index (χ4n) is 0. The third kappa shape index (κ3) is 206. The monoisotopic (exact) mass is 302 g/mol. The van der Waals surface area contributed by atoms with Crippen LogP contribution in [-0.2, 0) is 4.57 Å². The van der Waals surface area contributed by atoms with E-state index in [0.29, 0.717) is 0 Å². The molecule has 0 heterocycles. The molecule has 0 atom stereocenters. The Bertz CT molecular complexity index is 116. The number of phosphoric acid groups is 1. The van der Waals surface area contributed by atoms with Crippen LogP contribution in [0.2, 0.25) is 0 Å². The molecule has 0 amide bonds. The molecular weight excluding hydrogens is 291 g/mol. The summed E-state index contributed by atoms with van der Waals surface area (Å²) in [7, 11) is -9.25. The standard InChI is InChI=1S/Ca.K.Mg.H3O4P.H4O4Si.5H/c;;;2*1-5(2,3)4;;;;;/h;;;(H3,1,2,3,4);1-4H;;;;;. The van der Waals surface area contributed by atoms with E-state index in [1.54, 1.807) is 0 Å². The van der Waals surface area contributed by atoms with Crippen LogP contribution in [0.5, 0.6) is 0 Å². The van der Waals surface area contributed by atoms with Crippen molar-refractivity contribution in [2.24, 2.45) is 0 Å². The maximum Gasteiger partial charge on any atom is 0.316 e. The van der Waals surface area contributed by atoms with E-state index >= 15 is 0 Å². The summed E-state index contributed by atoms with van der Waals surface area (Å²) < 4.78 is 8.88. The third-order valence-electron chi connectivity index (χ3n) is 0. The Labute approximate surface area is 164 Å². The van der Waals surface area contributed by atoms with E-state index in [1.165, 1.54) is 0 Å². The molecule has 0 aromatic rings. The molecule has 0 fully saturated rings. The van der Waals surface area contributed by atoms with E-state index in [9.17, 15) is 0 Å². The van der Waals surface area contributed by atoms with Gasteiger partial charge >= 0.3 is 129 Å². The maximum atomic E-state index is 8.88. The zero-order valence-corrected chi connectivity index (χ0v) is 6.38. The molecule has 0 saturated carbocycles. The average Bonchev–Trinajstić information content (AvgIpc) is 1.12. The van der Waals surface area contributed by atoms with Gasteiger partial charge in [-0.2, -0.15) is 0 Å². The molecule has 0 aromatic carbocycles. The molecule has 0 saturated heterocycles. The smallest absolute Gasteiger partial charge is 0.316 e. The molecule has 0 bridgehead atoms. The minimum Gasteiger partial charge on any atom is 0.316 e. The molecular formula is H12CaKMgO8PSi. The molecule has 8 nitrogen and oxygen atoms in total. The van der Waals surface area contributed by atoms with Crippen molar-refractivity contribution in [2.75, 3.05) is 0 Å². The second-order valence-electron chi connectivity index (χ2n) is 1.11. The number of rotatable bonds is 0. The van der Waals surface area contributed by atoms with Crippen LogP contribution in [-0.4, -0.2) is 155 Å². The van der Waals surface area contributed by atoms with Crippen LogP contribution >= 0.6 is 7.82 Å². The molecule has 13 heavy (non-hydrogen) atoms. The van der Waals surface area contributed by atoms with Gasteiger partial charge in [0.1, 0.15) is 0 Å². The van der Waals surface area contributed by atoms with Crippen molar-refractivity contribution >= 4 is 129 Å². The van der Waals surface area contributed by atoms with Gasteiger partial charge in [0.15, 0.2) is 0 Å². The summed E-state index contributed by atoms with van der Waals surface area (Å²) >= 11 is 0. The summed E-state index contributed by atoms with van der Waals surface area (Å²) in [4.78, 5) is 50.9. The van der Waals surface area contributed by atoms with Crippen molar-refractivity contribution in [1.29, 1.82) is 0 Å². The quantitative estimate of drug-likeness (QED) is 0.172. The first-order valence-corrected chi connectivity index (χ1v) is 5.03. The van der Waals surface area contributed by atoms with Crippen LogP contribution in [0.4, 0.5) is 0 Å². The largest absolute Gasteiger partial charge is 0.316 e. The number of hydrogen-bond donors (Lipinski definition) is 7. The van der Waals surface area contributed by atoms with Gasteiger partial charge in [0.2, 0.25) is 0 Å². The van der Waals surface area contributed by atoms with E-state index in [1.807, 2.05) is 0 Å². The minimum atomic E-state index is -4.64. The maximum absolute atomic E-state index is 8.88. The molecule has 0 aliphatic rings. The molecule has 0 aliphatic carbocycles. The fourth-order valence-corrected chi connectivity index (χ4v) is 0. The van der Waals surface area contributed by atoms with Crippen molar-refractivity contribution in [2.45, 2.75) is 0 Å². The van der Waals surface area contributed by atoms with Crippen LogP contribution in [0.3, 0.4) is 0 Å². The molecule has 0 radical (unpaired) electrons. The zero-order chi connectivity index (χ0) is 9.00. The summed E-state index contributed by atoms with van der Waals surface area (Å²) in [6.45, 7) is 0. The first kappa shape index (κ1) is 30.1. The van der Waals surface area contributed by atoms with Gasteiger partial charge in [-0.15, -0.1) is 0 Å². The van der Waals surface area contributed by atoms with Crippen LogP contribution in [0.25, 0.3) is 0 Å². The van der Waals surface area contributed by atoms with Crippen molar-refractivity contribution in [3.05, 3.63) is 0 Å². The van der Waals surface area contributed by atoms with Crippen molar-refractivity contribution in [3.63, 3.8) is 0 Å². The van der Waals surface area contributed by atoms with Crippen molar-refractivity contribution < 1.29 is 38.4 Å². The Kier molecular flexibility index (Phi) is 32.2. The van der Waals surface area contributed by atoms with Crippen molar-refractivity contribution in [3.8, 4) is 0 Å². The predicted octanol–water partition coefficient (Wildman–Crippen LogP) is -6.02. The third-order valence-corrected chi connectivity index (χ3v) is 0. The van der Waals surface area contributed by atoms with Gasteiger partial charge in [0.05, 0.1) is 0 Å². The Morgan fingerprint density at radius 3 is 0.923 bits per heavy atom. The summed E-state index contributed by atoms with van der Waals surface area (Å²) in [5, 5.41) is 0. The number of hydrogen-bond acceptors (Lipinski definition) is 5. The first-order chi connectivity index (χ1) is 4.00. The second-order valence-corrected chi connectivity index (χ2v) is 3.34. The molecule has 0 rings (SSSR count). The molecule has 0 spiro atoms. The molecule has 7 N–H and O–H groups in total. The van der Waals surface area contributed by atoms with Crippen LogP contribution in [0.1, 0.15) is 0 Å². The second kappa shape index (κ2) is 13.9. The first-order valence-electron chi connectivity index (χ1n) is 1.68. The summed E-state index contributed by atoms with van der Waals surface area (Å²) in [5.41, 5.74) is 0. The Hall–Kier alpha value is 3.83. The van der Waals surface area contributed by atoms with Crippen LogP contribution in [0.15, 0.2) is 0 Å². The van der Waals surface area contributed by atoms with Crippen LogP contribution < -0.4 is 0 Å². The summed E-state index contributed by atoms with van der Waals surface area (Å²) in [6, 6.07) is 0. The Morgan fingerprint density at radius 1 is 0.923 bits per heavy atom. The molecule has 0 unspecified atom stereocenters. The van der Waals surface area contributed by atoms with Gasteiger partial charge in [-0.25, -0.2) is 4.57 Å². The SMILES string of the molecule is O=P(O)(O)O.O[Si](O)(O)O.[CaH2].[KH].[MgH2]. The Balaban J connectivity index is -0.0000000267. The van der Waals surface area contributed by atoms with Gasteiger partial charge in [0, 0.05) is 0 Å². The molecule has 0 aliphatic heterocycles. The molecule has 74 valence electrons. The van der Waals surface area contributed by atoms with Crippen molar-refractivity contribution in [1.82, 2.24) is 0 Å². The van der Waals surface area contributed by atoms with Gasteiger partial charge in [-0.05, 0) is 0 Å². The van der Waals surface area contributed by atoms with E-state index in [4.69, 9.17) is 38.4 Å². The predicted molar refractivity (Wildman–Crippen MR) is 53.1 cm³/mol. The van der Waals surface area contributed by atoms with Gasteiger partial charge < -0.3 is 33.9 Å². The average molecular weight is 303 g/mol. The van der Waals surface area contributed by atoms with E-state index in [2.05, 4.69) is 0 Å².